The van der Waals surface area contributed by atoms with Crippen molar-refractivity contribution in [3.8, 4) is 0 Å². The molecule has 0 bridgehead atoms. The number of rotatable bonds is 0. The van der Waals surface area contributed by atoms with Gasteiger partial charge < -0.3 is 4.52 Å². The summed E-state index contributed by atoms with van der Waals surface area (Å²) in [7, 11) is 0. The highest BCUT2D eigenvalue weighted by atomic mass is 16.5. The predicted molar refractivity (Wildman–Crippen MR) is 42.6 cm³/mol. The summed E-state index contributed by atoms with van der Waals surface area (Å²) in [6.07, 6.45) is 7.88. The molecule has 5 heteroatoms. The summed E-state index contributed by atoms with van der Waals surface area (Å²) < 4.78 is 4.22. The van der Waals surface area contributed by atoms with Crippen LogP contribution in [0.15, 0.2) is 41.3 Å². The van der Waals surface area contributed by atoms with E-state index >= 15 is 0 Å². The van der Waals surface area contributed by atoms with E-state index < -0.39 is 0 Å². The average Bonchev–Trinajstić information content (AvgIpc) is 2.68. The second-order valence-electron chi connectivity index (χ2n) is 2.06. The SMILES string of the molecule is O=C1C=CC(=O)C=C1.c1conn1. The van der Waals surface area contributed by atoms with Gasteiger partial charge >= 0.3 is 0 Å². The molecule has 0 radical (unpaired) electrons. The lowest BCUT2D eigenvalue weighted by molar-refractivity contribution is -0.113. The van der Waals surface area contributed by atoms with E-state index in [1.165, 1.54) is 36.8 Å². The minimum Gasteiger partial charge on any atom is -0.346 e. The maximum atomic E-state index is 10.3. The molecule has 0 fully saturated rings. The Labute approximate surface area is 73.7 Å². The number of nitrogens with zero attached hydrogens (tertiary/aromatic N) is 2. The monoisotopic (exact) mass is 178 g/mol. The van der Waals surface area contributed by atoms with Crippen molar-refractivity contribution in [2.24, 2.45) is 0 Å². The second-order valence-corrected chi connectivity index (χ2v) is 2.06. The van der Waals surface area contributed by atoms with E-state index in [1.807, 2.05) is 0 Å². The topological polar surface area (TPSA) is 73.1 Å². The molecule has 1 heterocycles. The van der Waals surface area contributed by atoms with Gasteiger partial charge in [-0.3, -0.25) is 9.59 Å². The molecule has 13 heavy (non-hydrogen) atoms. The summed E-state index contributed by atoms with van der Waals surface area (Å²) in [6.45, 7) is 0. The van der Waals surface area contributed by atoms with Crippen molar-refractivity contribution in [1.29, 1.82) is 0 Å². The van der Waals surface area contributed by atoms with Gasteiger partial charge in [0.15, 0.2) is 11.6 Å². The Morgan fingerprint density at radius 2 is 1.54 bits per heavy atom. The third-order valence-electron chi connectivity index (χ3n) is 1.11. The molecule has 0 spiro atoms. The van der Waals surface area contributed by atoms with E-state index in [4.69, 9.17) is 0 Å². The van der Waals surface area contributed by atoms with Crippen molar-refractivity contribution in [2.45, 2.75) is 0 Å². The number of hydrogen-bond donors (Lipinski definition) is 0. The maximum absolute atomic E-state index is 10.3. The lowest BCUT2D eigenvalue weighted by Crippen LogP contribution is -1.97. The summed E-state index contributed by atoms with van der Waals surface area (Å²) in [5.41, 5.74) is 0. The van der Waals surface area contributed by atoms with E-state index in [1.54, 1.807) is 0 Å². The molecule has 1 aliphatic carbocycles. The van der Waals surface area contributed by atoms with Gasteiger partial charge in [0.1, 0.15) is 6.26 Å². The van der Waals surface area contributed by atoms with E-state index in [0.29, 0.717) is 0 Å². The first-order valence-corrected chi connectivity index (χ1v) is 3.44. The van der Waals surface area contributed by atoms with Gasteiger partial charge in [0.05, 0.1) is 6.20 Å². The molecule has 2 rings (SSSR count). The zero-order valence-corrected chi connectivity index (χ0v) is 6.58. The van der Waals surface area contributed by atoms with Crippen LogP contribution in [0, 0.1) is 0 Å². The lowest BCUT2D eigenvalue weighted by Gasteiger charge is -1.87. The zero-order valence-electron chi connectivity index (χ0n) is 6.58. The van der Waals surface area contributed by atoms with Crippen LogP contribution < -0.4 is 0 Å². The second kappa shape index (κ2) is 4.76. The number of carbonyl (C=O) groups is 2. The highest BCUT2D eigenvalue weighted by molar-refractivity contribution is 6.14. The molecule has 5 nitrogen and oxygen atoms in total. The molecule has 0 aliphatic heterocycles. The van der Waals surface area contributed by atoms with E-state index in [2.05, 4.69) is 14.9 Å². The Morgan fingerprint density at radius 1 is 1.00 bits per heavy atom. The van der Waals surface area contributed by atoms with Gasteiger partial charge in [-0.05, 0) is 24.3 Å². The molecule has 0 unspecified atom stereocenters. The van der Waals surface area contributed by atoms with Crippen molar-refractivity contribution in [3.05, 3.63) is 36.8 Å². The van der Waals surface area contributed by atoms with Crippen molar-refractivity contribution in [2.75, 3.05) is 0 Å². The minimum atomic E-state index is -0.121. The van der Waals surface area contributed by atoms with Gasteiger partial charge in [-0.1, -0.05) is 0 Å². The van der Waals surface area contributed by atoms with Crippen LogP contribution in [-0.2, 0) is 9.59 Å². The fourth-order valence-electron chi connectivity index (χ4n) is 0.576. The third-order valence-corrected chi connectivity index (χ3v) is 1.11. The molecule has 0 atom stereocenters. The molecule has 1 aliphatic rings. The fourth-order valence-corrected chi connectivity index (χ4v) is 0.576. The van der Waals surface area contributed by atoms with Gasteiger partial charge in [-0.2, -0.15) is 0 Å². The molecule has 0 saturated carbocycles. The Morgan fingerprint density at radius 3 is 1.77 bits per heavy atom. The van der Waals surface area contributed by atoms with Crippen molar-refractivity contribution < 1.29 is 14.1 Å². The van der Waals surface area contributed by atoms with E-state index in [9.17, 15) is 9.59 Å². The van der Waals surface area contributed by atoms with Crippen LogP contribution >= 0.6 is 0 Å². The molecule has 0 N–H and O–H groups in total. The smallest absolute Gasteiger partial charge is 0.178 e. The average molecular weight is 178 g/mol. The number of aromatic nitrogens is 2. The Balaban J connectivity index is 0.000000145. The quantitative estimate of drug-likeness (QED) is 0.535. The number of hydrogen-bond acceptors (Lipinski definition) is 5. The Bertz CT molecular complexity index is 283. The lowest BCUT2D eigenvalue weighted by atomic mass is 10.2. The summed E-state index contributed by atoms with van der Waals surface area (Å²) in [4.78, 5) is 20.6. The number of allylic oxidation sites excluding steroid dienone is 4. The van der Waals surface area contributed by atoms with Crippen LogP contribution in [-0.4, -0.2) is 21.9 Å². The molecule has 66 valence electrons. The van der Waals surface area contributed by atoms with Gasteiger partial charge in [0.25, 0.3) is 0 Å². The molecule has 0 aromatic carbocycles. The van der Waals surface area contributed by atoms with Crippen molar-refractivity contribution >= 4 is 11.6 Å². The maximum Gasteiger partial charge on any atom is 0.178 e. The van der Waals surface area contributed by atoms with E-state index in [0.717, 1.165) is 0 Å². The molecule has 0 saturated heterocycles. The summed E-state index contributed by atoms with van der Waals surface area (Å²) in [6, 6.07) is 0. The number of carbonyl (C=O) groups excluding carboxylic acids is 2. The number of ketones is 2. The van der Waals surface area contributed by atoms with Crippen LogP contribution in [0.25, 0.3) is 0 Å². The first kappa shape index (κ1) is 9.05. The molecular weight excluding hydrogens is 172 g/mol. The van der Waals surface area contributed by atoms with E-state index in [-0.39, 0.29) is 11.6 Å². The molecule has 0 amide bonds. The Kier molecular flexibility index (Phi) is 3.31. The van der Waals surface area contributed by atoms with Crippen LogP contribution in [0.2, 0.25) is 0 Å². The van der Waals surface area contributed by atoms with Gasteiger partial charge in [-0.15, -0.1) is 5.10 Å². The fraction of sp³-hybridized carbons (Fsp3) is 0. The van der Waals surface area contributed by atoms with Gasteiger partial charge in [0, 0.05) is 5.27 Å². The van der Waals surface area contributed by atoms with Crippen LogP contribution in [0.5, 0.6) is 0 Å². The molecule has 1 aromatic rings. The highest BCUT2D eigenvalue weighted by Gasteiger charge is 1.97. The standard InChI is InChI=1S/C6H4O2.C2H2N2O/c7-5-1-2-6(8)4-3-5;1-2-5-4-3-1/h1-4H;1-2H. The summed E-state index contributed by atoms with van der Waals surface area (Å²) in [5, 5.41) is 6.40. The van der Waals surface area contributed by atoms with Crippen LogP contribution in [0.1, 0.15) is 0 Å². The van der Waals surface area contributed by atoms with Gasteiger partial charge in [-0.25, -0.2) is 0 Å². The first-order chi connectivity index (χ1) is 6.29. The minimum absolute atomic E-state index is 0.121. The summed E-state index contributed by atoms with van der Waals surface area (Å²) >= 11 is 0. The molecular formula is C8H6N2O3. The van der Waals surface area contributed by atoms with Crippen LogP contribution in [0.4, 0.5) is 0 Å². The normalized spacial score (nSPS) is 13.8. The van der Waals surface area contributed by atoms with Crippen LogP contribution in [0.3, 0.4) is 0 Å². The first-order valence-electron chi connectivity index (χ1n) is 3.44. The predicted octanol–water partition coefficient (Wildman–Crippen LogP) is 0.320. The summed E-state index contributed by atoms with van der Waals surface area (Å²) in [5.74, 6) is -0.241. The third kappa shape index (κ3) is 3.76. The zero-order chi connectivity index (χ0) is 9.52. The highest BCUT2D eigenvalue weighted by Crippen LogP contribution is 1.90. The largest absolute Gasteiger partial charge is 0.346 e. The molecule has 1 aromatic heterocycles. The van der Waals surface area contributed by atoms with Gasteiger partial charge in [0.2, 0.25) is 0 Å². The van der Waals surface area contributed by atoms with Crippen molar-refractivity contribution in [3.63, 3.8) is 0 Å². The Hall–Kier alpha value is -2.04. The van der Waals surface area contributed by atoms with Crippen molar-refractivity contribution in [1.82, 2.24) is 10.4 Å².